The van der Waals surface area contributed by atoms with Crippen LogP contribution in [0.25, 0.3) is 0 Å². The maximum Gasteiger partial charge on any atom is 0.0277 e. The van der Waals surface area contributed by atoms with Crippen LogP contribution in [0.15, 0.2) is 0 Å². The molecule has 1 rings (SSSR count). The largest absolute Gasteiger partial charge is 0.315 e. The lowest BCUT2D eigenvalue weighted by molar-refractivity contribution is 0.269. The van der Waals surface area contributed by atoms with Gasteiger partial charge in [-0.3, -0.25) is 0 Å². The second kappa shape index (κ2) is 4.07. The molecule has 0 bridgehead atoms. The van der Waals surface area contributed by atoms with Crippen molar-refractivity contribution in [1.29, 1.82) is 0 Å². The highest BCUT2D eigenvalue weighted by molar-refractivity contribution is 4.88. The molecule has 0 aromatic rings. The number of rotatable bonds is 3. The van der Waals surface area contributed by atoms with E-state index in [0.717, 1.165) is 13.1 Å². The standard InChI is InChI=1S/C9H20N2/c1-3-10-8-9(2)6-4-5-7-11-9/h10-11H,3-8H2,1-2H3. The first-order chi connectivity index (χ1) is 5.27. The highest BCUT2D eigenvalue weighted by atomic mass is 15.0. The Bertz CT molecular complexity index is 106. The van der Waals surface area contributed by atoms with Crippen molar-refractivity contribution in [2.24, 2.45) is 0 Å². The molecule has 1 atom stereocenters. The van der Waals surface area contributed by atoms with Gasteiger partial charge >= 0.3 is 0 Å². The molecule has 1 aliphatic heterocycles. The van der Waals surface area contributed by atoms with Gasteiger partial charge in [-0.2, -0.15) is 0 Å². The van der Waals surface area contributed by atoms with E-state index in [1.165, 1.54) is 25.8 Å². The molecule has 2 nitrogen and oxygen atoms in total. The molecule has 11 heavy (non-hydrogen) atoms. The summed E-state index contributed by atoms with van der Waals surface area (Å²) in [4.78, 5) is 0. The normalized spacial score (nSPS) is 32.2. The van der Waals surface area contributed by atoms with Crippen LogP contribution < -0.4 is 10.6 Å². The van der Waals surface area contributed by atoms with Crippen LogP contribution in [0.3, 0.4) is 0 Å². The van der Waals surface area contributed by atoms with Crippen LogP contribution in [0.4, 0.5) is 0 Å². The van der Waals surface area contributed by atoms with Crippen molar-refractivity contribution in [3.05, 3.63) is 0 Å². The van der Waals surface area contributed by atoms with Crippen molar-refractivity contribution in [1.82, 2.24) is 10.6 Å². The molecule has 1 saturated heterocycles. The lowest BCUT2D eigenvalue weighted by atomic mass is 9.91. The van der Waals surface area contributed by atoms with Gasteiger partial charge in [0.25, 0.3) is 0 Å². The maximum absolute atomic E-state index is 3.57. The van der Waals surface area contributed by atoms with E-state index in [-0.39, 0.29) is 0 Å². The molecule has 0 aromatic heterocycles. The Morgan fingerprint density at radius 1 is 1.45 bits per heavy atom. The van der Waals surface area contributed by atoms with Crippen molar-refractivity contribution in [2.75, 3.05) is 19.6 Å². The first-order valence-corrected chi connectivity index (χ1v) is 4.72. The van der Waals surface area contributed by atoms with E-state index in [0.29, 0.717) is 5.54 Å². The Morgan fingerprint density at radius 2 is 2.27 bits per heavy atom. The van der Waals surface area contributed by atoms with Crippen LogP contribution in [0.1, 0.15) is 33.1 Å². The monoisotopic (exact) mass is 156 g/mol. The van der Waals surface area contributed by atoms with Gasteiger partial charge in [-0.25, -0.2) is 0 Å². The maximum atomic E-state index is 3.57. The van der Waals surface area contributed by atoms with E-state index in [1.54, 1.807) is 0 Å². The molecular weight excluding hydrogens is 136 g/mol. The summed E-state index contributed by atoms with van der Waals surface area (Å²) in [5.41, 5.74) is 0.369. The zero-order valence-corrected chi connectivity index (χ0v) is 7.74. The highest BCUT2D eigenvalue weighted by Gasteiger charge is 2.24. The van der Waals surface area contributed by atoms with Crippen LogP contribution in [0, 0.1) is 0 Å². The van der Waals surface area contributed by atoms with Gasteiger partial charge in [-0.05, 0) is 32.9 Å². The molecule has 66 valence electrons. The molecule has 2 N–H and O–H groups in total. The van der Waals surface area contributed by atoms with Crippen molar-refractivity contribution < 1.29 is 0 Å². The first-order valence-electron chi connectivity index (χ1n) is 4.72. The summed E-state index contributed by atoms with van der Waals surface area (Å²) in [5.74, 6) is 0. The summed E-state index contributed by atoms with van der Waals surface area (Å²) in [6, 6.07) is 0. The second-order valence-corrected chi connectivity index (χ2v) is 3.72. The van der Waals surface area contributed by atoms with Crippen molar-refractivity contribution in [2.45, 2.75) is 38.6 Å². The van der Waals surface area contributed by atoms with Gasteiger partial charge in [0.2, 0.25) is 0 Å². The van der Waals surface area contributed by atoms with Gasteiger partial charge in [0.15, 0.2) is 0 Å². The lowest BCUT2D eigenvalue weighted by Gasteiger charge is -2.35. The van der Waals surface area contributed by atoms with Gasteiger partial charge in [0.1, 0.15) is 0 Å². The SMILES string of the molecule is CCNCC1(C)CCCCN1. The van der Waals surface area contributed by atoms with E-state index in [9.17, 15) is 0 Å². The fourth-order valence-corrected chi connectivity index (χ4v) is 1.67. The van der Waals surface area contributed by atoms with E-state index in [2.05, 4.69) is 24.5 Å². The minimum Gasteiger partial charge on any atom is -0.315 e. The van der Waals surface area contributed by atoms with E-state index >= 15 is 0 Å². The minimum absolute atomic E-state index is 0.369. The summed E-state index contributed by atoms with van der Waals surface area (Å²) in [6.45, 7) is 7.86. The summed E-state index contributed by atoms with van der Waals surface area (Å²) in [7, 11) is 0. The van der Waals surface area contributed by atoms with Crippen LogP contribution in [-0.4, -0.2) is 25.2 Å². The predicted octanol–water partition coefficient (Wildman–Crippen LogP) is 1.13. The number of piperidine rings is 1. The Morgan fingerprint density at radius 3 is 2.82 bits per heavy atom. The third kappa shape index (κ3) is 2.80. The smallest absolute Gasteiger partial charge is 0.0277 e. The Hall–Kier alpha value is -0.0800. The van der Waals surface area contributed by atoms with E-state index in [1.807, 2.05) is 0 Å². The zero-order valence-electron chi connectivity index (χ0n) is 7.74. The summed E-state index contributed by atoms with van der Waals surface area (Å²) in [6.07, 6.45) is 4.05. The fraction of sp³-hybridized carbons (Fsp3) is 1.00. The summed E-state index contributed by atoms with van der Waals surface area (Å²) in [5, 5.41) is 6.96. The number of likely N-dealkylation sites (N-methyl/N-ethyl adjacent to an activating group) is 1. The average Bonchev–Trinajstić information content (AvgIpc) is 2.03. The predicted molar refractivity (Wildman–Crippen MR) is 48.8 cm³/mol. The Kier molecular flexibility index (Phi) is 3.34. The number of nitrogens with one attached hydrogen (secondary N) is 2. The fourth-order valence-electron chi connectivity index (χ4n) is 1.67. The quantitative estimate of drug-likeness (QED) is 0.640. The van der Waals surface area contributed by atoms with E-state index in [4.69, 9.17) is 0 Å². The van der Waals surface area contributed by atoms with Crippen LogP contribution in [0.5, 0.6) is 0 Å². The number of hydrogen-bond donors (Lipinski definition) is 2. The number of hydrogen-bond acceptors (Lipinski definition) is 2. The molecule has 1 fully saturated rings. The van der Waals surface area contributed by atoms with Crippen molar-refractivity contribution in [3.63, 3.8) is 0 Å². The molecule has 1 unspecified atom stereocenters. The third-order valence-corrected chi connectivity index (χ3v) is 2.47. The molecular formula is C9H20N2. The molecule has 0 aromatic carbocycles. The molecule has 0 spiro atoms. The highest BCUT2D eigenvalue weighted by Crippen LogP contribution is 2.17. The van der Waals surface area contributed by atoms with Gasteiger partial charge in [0, 0.05) is 12.1 Å². The summed E-state index contributed by atoms with van der Waals surface area (Å²) < 4.78 is 0. The van der Waals surface area contributed by atoms with Gasteiger partial charge in [-0.1, -0.05) is 13.3 Å². The van der Waals surface area contributed by atoms with Gasteiger partial charge in [0.05, 0.1) is 0 Å². The summed E-state index contributed by atoms with van der Waals surface area (Å²) >= 11 is 0. The molecule has 1 aliphatic rings. The zero-order chi connectivity index (χ0) is 8.16. The van der Waals surface area contributed by atoms with Gasteiger partial charge in [-0.15, -0.1) is 0 Å². The average molecular weight is 156 g/mol. The first kappa shape index (κ1) is 9.01. The molecule has 0 amide bonds. The minimum atomic E-state index is 0.369. The molecule has 2 heteroatoms. The Labute approximate surface area is 69.8 Å². The Balaban J connectivity index is 2.25. The van der Waals surface area contributed by atoms with Crippen molar-refractivity contribution >= 4 is 0 Å². The molecule has 1 heterocycles. The van der Waals surface area contributed by atoms with Crippen molar-refractivity contribution in [3.8, 4) is 0 Å². The van der Waals surface area contributed by atoms with E-state index < -0.39 is 0 Å². The van der Waals surface area contributed by atoms with Crippen LogP contribution in [0.2, 0.25) is 0 Å². The lowest BCUT2D eigenvalue weighted by Crippen LogP contribution is -2.52. The molecule has 0 aliphatic carbocycles. The second-order valence-electron chi connectivity index (χ2n) is 3.72. The molecule has 0 saturated carbocycles. The topological polar surface area (TPSA) is 24.1 Å². The van der Waals surface area contributed by atoms with Gasteiger partial charge < -0.3 is 10.6 Å². The molecule has 0 radical (unpaired) electrons. The third-order valence-electron chi connectivity index (χ3n) is 2.47. The van der Waals surface area contributed by atoms with Crippen LogP contribution in [-0.2, 0) is 0 Å². The van der Waals surface area contributed by atoms with Crippen LogP contribution >= 0.6 is 0 Å².